The third-order valence-corrected chi connectivity index (χ3v) is 3.77. The quantitative estimate of drug-likeness (QED) is 0.838. The third-order valence-electron chi connectivity index (χ3n) is 3.77. The summed E-state index contributed by atoms with van der Waals surface area (Å²) in [5.74, 6) is 0.489. The van der Waals surface area contributed by atoms with Gasteiger partial charge in [0.2, 0.25) is 0 Å². The molecule has 2 rings (SSSR count). The van der Waals surface area contributed by atoms with E-state index < -0.39 is 0 Å². The number of aliphatic hydroxyl groups is 1. The molecule has 1 heterocycles. The first-order chi connectivity index (χ1) is 8.22. The van der Waals surface area contributed by atoms with Crippen molar-refractivity contribution in [3.05, 3.63) is 24.0 Å². The Balaban J connectivity index is 1.92. The molecule has 0 radical (unpaired) electrons. The molecule has 1 fully saturated rings. The van der Waals surface area contributed by atoms with Gasteiger partial charge in [0.05, 0.1) is 0 Å². The van der Waals surface area contributed by atoms with Crippen molar-refractivity contribution in [2.45, 2.75) is 31.7 Å². The summed E-state index contributed by atoms with van der Waals surface area (Å²) in [5, 5.41) is 9.09. The first kappa shape index (κ1) is 12.2. The molecule has 94 valence electrons. The van der Waals surface area contributed by atoms with E-state index >= 15 is 0 Å². The summed E-state index contributed by atoms with van der Waals surface area (Å²) in [5.41, 5.74) is 0.650. The second-order valence-electron chi connectivity index (χ2n) is 4.86. The topological polar surface area (TPSA) is 56.3 Å². The van der Waals surface area contributed by atoms with Crippen molar-refractivity contribution < 1.29 is 9.90 Å². The molecular weight excluding hydrogens is 216 g/mol. The van der Waals surface area contributed by atoms with Gasteiger partial charge < -0.3 is 15.0 Å². The van der Waals surface area contributed by atoms with Gasteiger partial charge in [-0.1, -0.05) is 0 Å². The maximum atomic E-state index is 12.1. The Bertz CT molecular complexity index is 354. The van der Waals surface area contributed by atoms with Gasteiger partial charge >= 0.3 is 0 Å². The summed E-state index contributed by atoms with van der Waals surface area (Å²) >= 11 is 0. The number of aliphatic hydroxyl groups excluding tert-OH is 1. The van der Waals surface area contributed by atoms with Gasteiger partial charge in [-0.25, -0.2) is 0 Å². The van der Waals surface area contributed by atoms with E-state index in [4.69, 9.17) is 5.11 Å². The first-order valence-electron chi connectivity index (χ1n) is 6.23. The number of rotatable bonds is 3. The maximum absolute atomic E-state index is 12.1. The lowest BCUT2D eigenvalue weighted by Gasteiger charge is -2.33. The smallest absolute Gasteiger partial charge is 0.270 e. The maximum Gasteiger partial charge on any atom is 0.270 e. The molecule has 1 aromatic rings. The van der Waals surface area contributed by atoms with Gasteiger partial charge in [0.25, 0.3) is 5.91 Å². The molecule has 0 saturated heterocycles. The molecule has 1 aliphatic carbocycles. The summed E-state index contributed by atoms with van der Waals surface area (Å²) in [4.78, 5) is 16.9. The molecule has 4 nitrogen and oxygen atoms in total. The third kappa shape index (κ3) is 2.69. The van der Waals surface area contributed by atoms with Crippen LogP contribution in [0.3, 0.4) is 0 Å². The Morgan fingerprint density at radius 3 is 2.71 bits per heavy atom. The van der Waals surface area contributed by atoms with Crippen molar-refractivity contribution >= 4 is 5.91 Å². The van der Waals surface area contributed by atoms with Crippen LogP contribution in [-0.2, 0) is 0 Å². The Morgan fingerprint density at radius 2 is 2.18 bits per heavy atom. The van der Waals surface area contributed by atoms with Crippen molar-refractivity contribution in [3.63, 3.8) is 0 Å². The molecule has 1 saturated carbocycles. The van der Waals surface area contributed by atoms with Gasteiger partial charge in [-0.05, 0) is 43.7 Å². The highest BCUT2D eigenvalue weighted by molar-refractivity contribution is 5.92. The number of hydrogen-bond acceptors (Lipinski definition) is 2. The number of carbonyl (C=O) groups is 1. The van der Waals surface area contributed by atoms with E-state index in [0.717, 1.165) is 25.7 Å². The second-order valence-corrected chi connectivity index (χ2v) is 4.86. The number of hydrogen-bond donors (Lipinski definition) is 2. The molecule has 0 unspecified atom stereocenters. The normalized spacial score (nSPS) is 24.6. The van der Waals surface area contributed by atoms with E-state index in [1.807, 2.05) is 18.0 Å². The van der Waals surface area contributed by atoms with E-state index in [-0.39, 0.29) is 12.5 Å². The van der Waals surface area contributed by atoms with Crippen LogP contribution in [-0.4, -0.2) is 40.6 Å². The van der Waals surface area contributed by atoms with Crippen LogP contribution in [0.25, 0.3) is 0 Å². The summed E-state index contributed by atoms with van der Waals surface area (Å²) < 4.78 is 0. The van der Waals surface area contributed by atoms with Gasteiger partial charge in [-0.15, -0.1) is 0 Å². The first-order valence-corrected chi connectivity index (χ1v) is 6.23. The Morgan fingerprint density at radius 1 is 1.47 bits per heavy atom. The van der Waals surface area contributed by atoms with Gasteiger partial charge in [-0.3, -0.25) is 4.79 Å². The zero-order valence-electron chi connectivity index (χ0n) is 10.2. The molecule has 1 aliphatic rings. The Kier molecular flexibility index (Phi) is 3.84. The number of H-pyrrole nitrogens is 1. The number of aromatic nitrogens is 1. The largest absolute Gasteiger partial charge is 0.396 e. The fraction of sp³-hybridized carbons (Fsp3) is 0.615. The summed E-state index contributed by atoms with van der Waals surface area (Å²) in [6, 6.07) is 3.95. The Labute approximate surface area is 102 Å². The highest BCUT2D eigenvalue weighted by atomic mass is 16.3. The van der Waals surface area contributed by atoms with E-state index in [2.05, 4.69) is 4.98 Å². The summed E-state index contributed by atoms with van der Waals surface area (Å²) in [7, 11) is 1.87. The number of carbonyl (C=O) groups excluding carboxylic acids is 1. The van der Waals surface area contributed by atoms with E-state index in [1.54, 1.807) is 12.3 Å². The molecule has 0 atom stereocenters. The lowest BCUT2D eigenvalue weighted by Crippen LogP contribution is -2.40. The highest BCUT2D eigenvalue weighted by Crippen LogP contribution is 2.27. The summed E-state index contributed by atoms with van der Waals surface area (Å²) in [6.07, 6.45) is 5.79. The van der Waals surface area contributed by atoms with Crippen molar-refractivity contribution in [2.24, 2.45) is 5.92 Å². The zero-order chi connectivity index (χ0) is 12.3. The molecule has 0 spiro atoms. The van der Waals surface area contributed by atoms with E-state index in [1.165, 1.54) is 0 Å². The predicted octanol–water partition coefficient (Wildman–Crippen LogP) is 1.64. The average Bonchev–Trinajstić information content (AvgIpc) is 2.91. The van der Waals surface area contributed by atoms with Crippen molar-refractivity contribution in [1.29, 1.82) is 0 Å². The molecule has 1 amide bonds. The second kappa shape index (κ2) is 5.36. The molecule has 0 bridgehead atoms. The van der Waals surface area contributed by atoms with Crippen LogP contribution < -0.4 is 0 Å². The monoisotopic (exact) mass is 236 g/mol. The SMILES string of the molecule is CN(C(=O)c1ccc[nH]1)C1CCC(CO)CC1. The standard InChI is InChI=1S/C13H20N2O2/c1-15(13(17)12-3-2-8-14-12)11-6-4-10(9-16)5-7-11/h2-3,8,10-11,14,16H,4-7,9H2,1H3. The molecule has 0 aliphatic heterocycles. The average molecular weight is 236 g/mol. The number of aromatic amines is 1. The lowest BCUT2D eigenvalue weighted by molar-refractivity contribution is 0.0648. The van der Waals surface area contributed by atoms with Crippen LogP contribution >= 0.6 is 0 Å². The number of amides is 1. The number of nitrogens with zero attached hydrogens (tertiary/aromatic N) is 1. The van der Waals surface area contributed by atoms with Gasteiger partial charge in [0.15, 0.2) is 0 Å². The van der Waals surface area contributed by atoms with Crippen LogP contribution in [0.4, 0.5) is 0 Å². The predicted molar refractivity (Wildman–Crippen MR) is 65.7 cm³/mol. The van der Waals surface area contributed by atoms with Crippen LogP contribution in [0.15, 0.2) is 18.3 Å². The minimum absolute atomic E-state index is 0.0578. The van der Waals surface area contributed by atoms with Crippen LogP contribution in [0, 0.1) is 5.92 Å². The van der Waals surface area contributed by atoms with Crippen LogP contribution in [0.2, 0.25) is 0 Å². The van der Waals surface area contributed by atoms with E-state index in [0.29, 0.717) is 17.7 Å². The van der Waals surface area contributed by atoms with Crippen LogP contribution in [0.1, 0.15) is 36.2 Å². The fourth-order valence-corrected chi connectivity index (χ4v) is 2.53. The lowest BCUT2D eigenvalue weighted by atomic mass is 9.86. The molecule has 1 aromatic heterocycles. The van der Waals surface area contributed by atoms with E-state index in [9.17, 15) is 4.79 Å². The minimum Gasteiger partial charge on any atom is -0.396 e. The highest BCUT2D eigenvalue weighted by Gasteiger charge is 2.26. The molecule has 2 N–H and O–H groups in total. The van der Waals surface area contributed by atoms with Gasteiger partial charge in [0.1, 0.15) is 5.69 Å². The van der Waals surface area contributed by atoms with Gasteiger partial charge in [0, 0.05) is 25.9 Å². The number of nitrogens with one attached hydrogen (secondary N) is 1. The fourth-order valence-electron chi connectivity index (χ4n) is 2.53. The van der Waals surface area contributed by atoms with Gasteiger partial charge in [-0.2, -0.15) is 0 Å². The molecule has 4 heteroatoms. The zero-order valence-corrected chi connectivity index (χ0v) is 10.2. The summed E-state index contributed by atoms with van der Waals surface area (Å²) in [6.45, 7) is 0.279. The van der Waals surface area contributed by atoms with Crippen molar-refractivity contribution in [2.75, 3.05) is 13.7 Å². The molecular formula is C13H20N2O2. The molecule has 0 aromatic carbocycles. The van der Waals surface area contributed by atoms with Crippen molar-refractivity contribution in [1.82, 2.24) is 9.88 Å². The minimum atomic E-state index is 0.0578. The van der Waals surface area contributed by atoms with Crippen molar-refractivity contribution in [3.8, 4) is 0 Å². The van der Waals surface area contributed by atoms with Crippen LogP contribution in [0.5, 0.6) is 0 Å². The molecule has 17 heavy (non-hydrogen) atoms. The Hall–Kier alpha value is -1.29.